The molecule has 2 heterocycles. The number of nitrogens with one attached hydrogen (secondary N) is 6. The lowest BCUT2D eigenvalue weighted by Crippen LogP contribution is -2.62. The molecule has 29 nitrogen and oxygen atoms in total. The molecule has 31 heteroatoms. The lowest BCUT2D eigenvalue weighted by molar-refractivity contribution is -0.154. The molecule has 6 rings (SSSR count). The fourth-order valence-corrected chi connectivity index (χ4v) is 16.0. The number of ether oxygens (including phenoxy) is 9. The van der Waals surface area contributed by atoms with Gasteiger partial charge in [-0.15, -0.1) is 13.2 Å². The third-order valence-electron chi connectivity index (χ3n) is 23.5. The highest BCUT2D eigenvalue weighted by Crippen LogP contribution is 2.39. The summed E-state index contributed by atoms with van der Waals surface area (Å²) >= 11 is 0. The first-order chi connectivity index (χ1) is 61.2. The summed E-state index contributed by atoms with van der Waals surface area (Å²) in [5.74, 6) is -3.19. The highest BCUT2D eigenvalue weighted by atomic mass is 28.4. The average molecular weight is 1840 g/mol. The van der Waals surface area contributed by atoms with Crippen LogP contribution in [0.3, 0.4) is 0 Å². The van der Waals surface area contributed by atoms with Gasteiger partial charge in [0.2, 0.25) is 34.4 Å². The van der Waals surface area contributed by atoms with Crippen LogP contribution in [0.25, 0.3) is 0 Å². The van der Waals surface area contributed by atoms with Gasteiger partial charge in [0, 0.05) is 79.0 Å². The van der Waals surface area contributed by atoms with Crippen molar-refractivity contribution >= 4 is 70.2 Å². The highest BCUT2D eigenvalue weighted by Gasteiger charge is 2.43. The van der Waals surface area contributed by atoms with Gasteiger partial charge < -0.3 is 77.9 Å². The molecule has 14 atom stereocenters. The van der Waals surface area contributed by atoms with Gasteiger partial charge in [-0.05, 0) is 173 Å². The van der Waals surface area contributed by atoms with Crippen LogP contribution in [0, 0.1) is 23.7 Å². The van der Waals surface area contributed by atoms with E-state index in [2.05, 4.69) is 126 Å². The minimum absolute atomic E-state index is 0.0289. The number of carboxylic acids is 1. The van der Waals surface area contributed by atoms with E-state index in [9.17, 15) is 43.2 Å². The molecule has 0 radical (unpaired) electrons. The molecule has 0 aliphatic carbocycles. The van der Waals surface area contributed by atoms with Crippen molar-refractivity contribution < 1.29 is 99.7 Å². The normalized spacial score (nSPS) is 17.1. The molecule has 0 unspecified atom stereocenters. The number of benzene rings is 4. The summed E-state index contributed by atoms with van der Waals surface area (Å²) in [5.41, 5.74) is 8.32. The number of alkyl carbamates (subject to hydrolysis) is 1. The Labute approximate surface area is 774 Å². The van der Waals surface area contributed by atoms with Gasteiger partial charge in [0.1, 0.15) is 64.9 Å². The Bertz CT molecular complexity index is 4350. The lowest BCUT2D eigenvalue weighted by atomic mass is 9.88. The number of hydrogen-bond donors (Lipinski definition) is 7. The quantitative estimate of drug-likeness (QED) is 0.00539. The maximum absolute atomic E-state index is 14.6. The first kappa shape index (κ1) is 112. The lowest BCUT2D eigenvalue weighted by Gasteiger charge is -2.36. The summed E-state index contributed by atoms with van der Waals surface area (Å²) in [4.78, 5) is 122. The molecule has 7 N–H and O–H groups in total. The van der Waals surface area contributed by atoms with E-state index in [1.54, 1.807) is 143 Å². The molecule has 4 aromatic carbocycles. The molecule has 2 saturated heterocycles. The molecular weight excluding hydrogens is 1690 g/mol. The average Bonchev–Trinajstić information content (AvgIpc) is 0.815. The van der Waals surface area contributed by atoms with Gasteiger partial charge in [-0.3, -0.25) is 48.4 Å². The van der Waals surface area contributed by atoms with Gasteiger partial charge in [0.05, 0.1) is 63.7 Å². The van der Waals surface area contributed by atoms with Crippen molar-refractivity contribution in [3.8, 4) is 23.0 Å². The maximum Gasteiger partial charge on any atom is 0.408 e. The predicted molar refractivity (Wildman–Crippen MR) is 512 cm³/mol. The monoisotopic (exact) mass is 1840 g/mol. The van der Waals surface area contributed by atoms with Gasteiger partial charge in [-0.2, -0.15) is 0 Å². The Balaban J connectivity index is 0.000000465. The molecule has 130 heavy (non-hydrogen) atoms. The summed E-state index contributed by atoms with van der Waals surface area (Å²) in [6.45, 7) is 49.7. The van der Waals surface area contributed by atoms with Crippen molar-refractivity contribution in [3.05, 3.63) is 194 Å². The van der Waals surface area contributed by atoms with Crippen molar-refractivity contribution in [3.63, 3.8) is 0 Å². The van der Waals surface area contributed by atoms with E-state index in [0.29, 0.717) is 74.6 Å². The summed E-state index contributed by atoms with van der Waals surface area (Å²) in [6.07, 6.45) is 15.1. The smallest absolute Gasteiger partial charge is 0.408 e. The summed E-state index contributed by atoms with van der Waals surface area (Å²) in [6, 6.07) is 23.6. The van der Waals surface area contributed by atoms with E-state index in [4.69, 9.17) is 56.6 Å². The number of methoxy groups -OCH3 is 6. The molecule has 2 aliphatic rings. The van der Waals surface area contributed by atoms with Crippen LogP contribution in [0.4, 0.5) is 4.79 Å². The van der Waals surface area contributed by atoms with Gasteiger partial charge in [0.15, 0.2) is 0 Å². The van der Waals surface area contributed by atoms with Gasteiger partial charge >= 0.3 is 24.0 Å². The molecule has 2 fully saturated rings. The second-order valence-corrected chi connectivity index (χ2v) is 46.2. The van der Waals surface area contributed by atoms with Gasteiger partial charge in [-0.25, -0.2) is 15.6 Å². The zero-order valence-electron chi connectivity index (χ0n) is 81.2. The number of hydrazine groups is 2. The van der Waals surface area contributed by atoms with Crippen LogP contribution in [0.1, 0.15) is 151 Å². The van der Waals surface area contributed by atoms with E-state index >= 15 is 0 Å². The summed E-state index contributed by atoms with van der Waals surface area (Å²) in [5, 5.41) is 23.3. The van der Waals surface area contributed by atoms with Crippen molar-refractivity contribution in [2.75, 3.05) is 69.0 Å². The molecular formula is C99H150N8O21Si2. The molecule has 0 bridgehead atoms. The zero-order chi connectivity index (χ0) is 97.4. The number of allylic oxidation sites excluding steroid dienone is 4. The minimum atomic E-state index is -2.21. The fourth-order valence-electron chi connectivity index (χ4n) is 14.0. The molecule has 720 valence electrons. The van der Waals surface area contributed by atoms with Crippen LogP contribution < -0.4 is 50.4 Å². The van der Waals surface area contributed by atoms with Crippen molar-refractivity contribution in [1.29, 1.82) is 0 Å². The Morgan fingerprint density at radius 3 is 1.17 bits per heavy atom. The fraction of sp³-hybridized carbons (Fsp3) is 0.545. The van der Waals surface area contributed by atoms with Crippen LogP contribution in [-0.2, 0) is 97.2 Å². The van der Waals surface area contributed by atoms with E-state index in [1.807, 2.05) is 86.7 Å². The summed E-state index contributed by atoms with van der Waals surface area (Å²) in [7, 11) is 4.99. The van der Waals surface area contributed by atoms with E-state index < -0.39 is 136 Å². The number of carboxylic acid groups (broad SMARTS) is 1. The van der Waals surface area contributed by atoms with E-state index in [0.717, 1.165) is 22.3 Å². The van der Waals surface area contributed by atoms with Crippen LogP contribution in [0.2, 0.25) is 36.3 Å². The van der Waals surface area contributed by atoms with Crippen molar-refractivity contribution in [1.82, 2.24) is 42.1 Å². The van der Waals surface area contributed by atoms with Crippen molar-refractivity contribution in [2.24, 2.45) is 23.7 Å². The number of carbonyl (C=O) groups is 9. The number of aliphatic carboxylic acids is 1. The maximum atomic E-state index is 14.6. The minimum Gasteiger partial charge on any atom is -0.543 e. The van der Waals surface area contributed by atoms with E-state index in [1.165, 1.54) is 17.1 Å². The van der Waals surface area contributed by atoms with Crippen LogP contribution in [0.15, 0.2) is 172 Å². The molecule has 0 spiro atoms. The summed E-state index contributed by atoms with van der Waals surface area (Å²) < 4.78 is 62.2. The number of esters is 2. The van der Waals surface area contributed by atoms with Crippen LogP contribution >= 0.6 is 0 Å². The standard InChI is InChI=1S/C47H70N4O9Si.C39H58N4O8Si.C13H22O4/c1-13-15-22-41(57-9)32(3)42(58-10)33(4)43(52)48-39(30-34-23-25-36(56-8)26-24-34)44(53)49-40(31-35-19-17-20-37(29-35)60-61(11,12)47(5,6)7)45(54)51-27-18-21-38(50-51)46(55)59-28-16-14-2;1-11-12-23-49-36(46)31-17-14-22-43(42-31)35(45)33(26-28-15-13-16-30(24-28)51-52(9,10)39(5,6)7)40-34(44)32(41-37(47)50-38(2,3)4)25-27-18-20-29(48-8)21-19-27;1-6-7-8-11(16-4)9(2)12(17-5)10(3)13(14)15/h13-15,17,19-20,22-26,29,32-33,38-42,50H,1-2,16,18,21,27-28,30-31H2,3-12H3,(H,48,52)(H,49,53);11,13,15-16,18-21,24,31-33,42H,1,12,14,17,22-23,25-26H2,2-10H3,(H,40,44)(H,41,47);6-12H,1H2,2-5H3,(H,14,15)/b22-15-;;8-7+/t32-,33+,38-,39-,40-,41-,42+;31-,32-,33-;9-,10+,11-,12+/m000/s1. The largest absolute Gasteiger partial charge is 0.543 e. The first-order valence-corrected chi connectivity index (χ1v) is 50.4. The number of rotatable bonds is 46. The first-order valence-electron chi connectivity index (χ1n) is 44.5. The zero-order valence-corrected chi connectivity index (χ0v) is 83.2. The second-order valence-electron chi connectivity index (χ2n) is 36.7. The second kappa shape index (κ2) is 54.5. The van der Waals surface area contributed by atoms with E-state index in [-0.39, 0.29) is 73.0 Å². The third kappa shape index (κ3) is 36.8. The number of hydrogen-bond acceptors (Lipinski definition) is 22. The topological polar surface area (TPSA) is 354 Å². The van der Waals surface area contributed by atoms with Gasteiger partial charge in [-0.1, -0.05) is 173 Å². The predicted octanol–water partition coefficient (Wildman–Crippen LogP) is 14.5. The Hall–Kier alpha value is -10.3. The Kier molecular flexibility index (Phi) is 47.0. The molecule has 6 amide bonds. The number of carbonyl (C=O) groups excluding carboxylic acids is 8. The highest BCUT2D eigenvalue weighted by molar-refractivity contribution is 6.75. The van der Waals surface area contributed by atoms with Crippen molar-refractivity contribution in [2.45, 2.75) is 257 Å². The van der Waals surface area contributed by atoms with Crippen LogP contribution in [0.5, 0.6) is 23.0 Å². The molecule has 2 aliphatic heterocycles. The number of nitrogens with zero attached hydrogens (tertiary/aromatic N) is 2. The Morgan fingerprint density at radius 1 is 0.477 bits per heavy atom. The molecule has 4 aromatic rings. The number of amides is 6. The third-order valence-corrected chi connectivity index (χ3v) is 32.2. The van der Waals surface area contributed by atoms with Crippen LogP contribution in [-0.4, -0.2) is 221 Å². The molecule has 0 aromatic heterocycles. The Morgan fingerprint density at radius 2 is 0.838 bits per heavy atom. The van der Waals surface area contributed by atoms with Gasteiger partial charge in [0.25, 0.3) is 11.8 Å². The SMILES string of the molecule is C=C/C=C/[C@H](OC)[C@H](C)[C@@H](OC)[C@@H](C)C(=O)O.C=C/C=C\[C@H](OC)[C@H](C)[C@@H](OC)[C@@H](C)C(=O)N[C@@H](Cc1ccc(OC)cc1)C(=O)N[C@@H](Cc1cccc(O[Si](C)(C)C(C)(C)C)c1)C(=O)N1CCC[C@@H](C(=O)OCCC=C)N1.C=CCCOC(=O)[C@@H]1CCCN(C(=O)[C@H](Cc2cccc(O[Si](C)(C)C(C)(C)C)c2)NC(=O)[C@H](Cc2ccc(OC)cc2)NC(=O)OC(C)(C)C)N1. The molecule has 0 saturated carbocycles.